The van der Waals surface area contributed by atoms with Gasteiger partial charge in [0.05, 0.1) is 17.2 Å². The second kappa shape index (κ2) is 2.49. The first kappa shape index (κ1) is 7.39. The third-order valence-corrected chi connectivity index (χ3v) is 1.06. The standard InChI is InChI=1S/C5H4FN3O2/c6-3-1-4(9(10)11)5(7)8-2-3/h1-2H,(H2,7,8). The van der Waals surface area contributed by atoms with E-state index < -0.39 is 16.4 Å². The Labute approximate surface area is 60.8 Å². The first-order valence-electron chi connectivity index (χ1n) is 2.66. The fourth-order valence-corrected chi connectivity index (χ4v) is 0.585. The third kappa shape index (κ3) is 1.40. The first-order valence-corrected chi connectivity index (χ1v) is 2.66. The summed E-state index contributed by atoms with van der Waals surface area (Å²) in [5.74, 6) is -1.05. The van der Waals surface area contributed by atoms with Crippen molar-refractivity contribution in [1.29, 1.82) is 0 Å². The number of halogens is 1. The van der Waals surface area contributed by atoms with E-state index in [9.17, 15) is 14.5 Å². The summed E-state index contributed by atoms with van der Waals surface area (Å²) in [4.78, 5) is 12.6. The Kier molecular flexibility index (Phi) is 1.67. The quantitative estimate of drug-likeness (QED) is 0.480. The zero-order chi connectivity index (χ0) is 8.43. The molecule has 0 amide bonds. The maximum Gasteiger partial charge on any atom is 0.314 e. The Morgan fingerprint density at radius 1 is 1.73 bits per heavy atom. The van der Waals surface area contributed by atoms with Gasteiger partial charge in [-0.05, 0) is 0 Å². The topological polar surface area (TPSA) is 82.0 Å². The van der Waals surface area contributed by atoms with E-state index in [1.165, 1.54) is 0 Å². The first-order chi connectivity index (χ1) is 5.11. The van der Waals surface area contributed by atoms with Gasteiger partial charge in [0.1, 0.15) is 5.82 Å². The molecule has 0 unspecified atom stereocenters. The van der Waals surface area contributed by atoms with Gasteiger partial charge in [-0.2, -0.15) is 0 Å². The van der Waals surface area contributed by atoms with E-state index in [1.807, 2.05) is 0 Å². The van der Waals surface area contributed by atoms with Gasteiger partial charge in [0, 0.05) is 0 Å². The van der Waals surface area contributed by atoms with Crippen molar-refractivity contribution in [2.45, 2.75) is 0 Å². The second-order valence-electron chi connectivity index (χ2n) is 1.82. The average Bonchev–Trinajstić information content (AvgIpc) is 1.94. The minimum atomic E-state index is -0.786. The summed E-state index contributed by atoms with van der Waals surface area (Å²) < 4.78 is 12.3. The maximum absolute atomic E-state index is 12.3. The molecule has 1 rings (SSSR count). The monoisotopic (exact) mass is 157 g/mol. The Balaban J connectivity index is 3.23. The van der Waals surface area contributed by atoms with E-state index in [4.69, 9.17) is 5.73 Å². The van der Waals surface area contributed by atoms with Crippen molar-refractivity contribution < 1.29 is 9.31 Å². The van der Waals surface area contributed by atoms with Gasteiger partial charge in [0.25, 0.3) is 0 Å². The summed E-state index contributed by atoms with van der Waals surface area (Å²) >= 11 is 0. The highest BCUT2D eigenvalue weighted by Crippen LogP contribution is 2.17. The summed E-state index contributed by atoms with van der Waals surface area (Å²) in [6, 6.07) is 0.725. The smallest absolute Gasteiger partial charge is 0.314 e. The van der Waals surface area contributed by atoms with Gasteiger partial charge in [-0.25, -0.2) is 9.37 Å². The zero-order valence-corrected chi connectivity index (χ0v) is 5.32. The van der Waals surface area contributed by atoms with Crippen molar-refractivity contribution in [3.8, 4) is 0 Å². The normalized spacial score (nSPS) is 9.55. The third-order valence-electron chi connectivity index (χ3n) is 1.06. The number of rotatable bonds is 1. The highest BCUT2D eigenvalue weighted by Gasteiger charge is 2.12. The fraction of sp³-hybridized carbons (Fsp3) is 0. The van der Waals surface area contributed by atoms with Crippen molar-refractivity contribution >= 4 is 11.5 Å². The predicted octanol–water partition coefficient (Wildman–Crippen LogP) is 0.711. The Bertz CT molecular complexity index is 302. The number of nitrogen functional groups attached to an aromatic ring is 1. The van der Waals surface area contributed by atoms with Crippen molar-refractivity contribution in [3.63, 3.8) is 0 Å². The molecule has 6 heteroatoms. The number of nitrogens with zero attached hydrogens (tertiary/aromatic N) is 2. The molecule has 0 aliphatic carbocycles. The molecule has 0 radical (unpaired) electrons. The number of hydrogen-bond acceptors (Lipinski definition) is 4. The van der Waals surface area contributed by atoms with Crippen LogP contribution in [0.15, 0.2) is 12.3 Å². The molecule has 0 bridgehead atoms. The van der Waals surface area contributed by atoms with Gasteiger partial charge in [0.2, 0.25) is 5.82 Å². The van der Waals surface area contributed by atoms with Gasteiger partial charge in [-0.3, -0.25) is 10.1 Å². The van der Waals surface area contributed by atoms with Gasteiger partial charge in [0.15, 0.2) is 0 Å². The highest BCUT2D eigenvalue weighted by atomic mass is 19.1. The van der Waals surface area contributed by atoms with E-state index in [2.05, 4.69) is 4.98 Å². The van der Waals surface area contributed by atoms with E-state index in [0.717, 1.165) is 12.3 Å². The summed E-state index contributed by atoms with van der Waals surface area (Å²) in [6.45, 7) is 0. The van der Waals surface area contributed by atoms with Crippen LogP contribution in [0.5, 0.6) is 0 Å². The van der Waals surface area contributed by atoms with Gasteiger partial charge in [-0.1, -0.05) is 0 Å². The summed E-state index contributed by atoms with van der Waals surface area (Å²) in [7, 11) is 0. The molecule has 0 saturated heterocycles. The number of aromatic nitrogens is 1. The van der Waals surface area contributed by atoms with E-state index in [-0.39, 0.29) is 5.82 Å². The molecule has 1 aromatic rings. The van der Waals surface area contributed by atoms with Gasteiger partial charge >= 0.3 is 5.69 Å². The summed E-state index contributed by atoms with van der Waals surface area (Å²) in [5, 5.41) is 10.1. The van der Waals surface area contributed by atoms with Crippen LogP contribution in [0, 0.1) is 15.9 Å². The molecule has 0 saturated carbocycles. The van der Waals surface area contributed by atoms with Crippen molar-refractivity contribution in [1.82, 2.24) is 4.98 Å². The molecule has 1 heterocycles. The number of nitrogens with two attached hydrogens (primary N) is 1. The second-order valence-corrected chi connectivity index (χ2v) is 1.82. The lowest BCUT2D eigenvalue weighted by Crippen LogP contribution is -1.98. The molecule has 0 aliphatic heterocycles. The largest absolute Gasteiger partial charge is 0.378 e. The van der Waals surface area contributed by atoms with Crippen LogP contribution in [0.2, 0.25) is 0 Å². The lowest BCUT2D eigenvalue weighted by atomic mass is 10.4. The van der Waals surface area contributed by atoms with Gasteiger partial charge in [-0.15, -0.1) is 0 Å². The Morgan fingerprint density at radius 2 is 2.36 bits per heavy atom. The molecular weight excluding hydrogens is 153 g/mol. The molecule has 2 N–H and O–H groups in total. The van der Waals surface area contributed by atoms with Crippen LogP contribution >= 0.6 is 0 Å². The molecule has 11 heavy (non-hydrogen) atoms. The lowest BCUT2D eigenvalue weighted by Gasteiger charge is -1.93. The van der Waals surface area contributed by atoms with Crippen LogP contribution in [0.1, 0.15) is 0 Å². The molecule has 0 spiro atoms. The molecule has 58 valence electrons. The minimum Gasteiger partial charge on any atom is -0.378 e. The molecule has 0 aliphatic rings. The van der Waals surface area contributed by atoms with E-state index in [1.54, 1.807) is 0 Å². The number of pyridine rings is 1. The summed E-state index contributed by atoms with van der Waals surface area (Å²) in [6.07, 6.45) is 0.822. The van der Waals surface area contributed by atoms with E-state index in [0.29, 0.717) is 0 Å². The van der Waals surface area contributed by atoms with Crippen LogP contribution in [0.3, 0.4) is 0 Å². The molecule has 5 nitrogen and oxygen atoms in total. The summed E-state index contributed by atoms with van der Waals surface area (Å²) in [5.41, 5.74) is 4.56. The fourth-order valence-electron chi connectivity index (χ4n) is 0.585. The molecule has 1 aromatic heterocycles. The highest BCUT2D eigenvalue weighted by molar-refractivity contribution is 5.51. The number of hydrogen-bond donors (Lipinski definition) is 1. The SMILES string of the molecule is Nc1ncc(F)cc1[N+](=O)[O-]. The number of nitro groups is 1. The molecule has 0 aromatic carbocycles. The van der Waals surface area contributed by atoms with E-state index >= 15 is 0 Å². The Hall–Kier alpha value is -1.72. The minimum absolute atomic E-state index is 0.281. The molecular formula is C5H4FN3O2. The van der Waals surface area contributed by atoms with Crippen molar-refractivity contribution in [2.75, 3.05) is 5.73 Å². The zero-order valence-electron chi connectivity index (χ0n) is 5.32. The predicted molar refractivity (Wildman–Crippen MR) is 35.3 cm³/mol. The van der Waals surface area contributed by atoms with Crippen LogP contribution in [-0.2, 0) is 0 Å². The maximum atomic E-state index is 12.3. The molecule has 0 fully saturated rings. The Morgan fingerprint density at radius 3 is 2.82 bits per heavy atom. The van der Waals surface area contributed by atoms with Crippen molar-refractivity contribution in [3.05, 3.63) is 28.2 Å². The van der Waals surface area contributed by atoms with Crippen LogP contribution in [0.4, 0.5) is 15.9 Å². The van der Waals surface area contributed by atoms with Crippen molar-refractivity contribution in [2.24, 2.45) is 0 Å². The van der Waals surface area contributed by atoms with Crippen LogP contribution in [0.25, 0.3) is 0 Å². The molecule has 0 atom stereocenters. The van der Waals surface area contributed by atoms with Gasteiger partial charge < -0.3 is 5.73 Å². The number of anilines is 1. The van der Waals surface area contributed by atoms with Crippen LogP contribution < -0.4 is 5.73 Å². The average molecular weight is 157 g/mol. The van der Waals surface area contributed by atoms with Crippen LogP contribution in [-0.4, -0.2) is 9.91 Å². The lowest BCUT2D eigenvalue weighted by molar-refractivity contribution is -0.384.